The van der Waals surface area contributed by atoms with Crippen LogP contribution < -0.4 is 9.64 Å². The van der Waals surface area contributed by atoms with Gasteiger partial charge >= 0.3 is 18.1 Å². The molecule has 2 aliphatic rings. The number of piperazine rings is 1. The molecule has 35 heavy (non-hydrogen) atoms. The normalized spacial score (nSPS) is 17.8. The lowest BCUT2D eigenvalue weighted by Gasteiger charge is -2.36. The van der Waals surface area contributed by atoms with Gasteiger partial charge in [0.2, 0.25) is 0 Å². The second-order valence-corrected chi connectivity index (χ2v) is 9.26. The molecule has 1 aromatic heterocycles. The van der Waals surface area contributed by atoms with Crippen molar-refractivity contribution in [1.82, 2.24) is 14.8 Å². The minimum Gasteiger partial charge on any atom is -0.465 e. The molecule has 4 rings (SSSR count). The third kappa shape index (κ3) is 5.28. The second-order valence-electron chi connectivity index (χ2n) is 9.26. The fourth-order valence-corrected chi connectivity index (χ4v) is 3.94. The molecule has 2 aromatic rings. The first-order valence-electron chi connectivity index (χ1n) is 11.1. The van der Waals surface area contributed by atoms with Crippen molar-refractivity contribution in [1.29, 1.82) is 0 Å². The standard InChI is InChI=1S/C24H27FN4O6/c1-24(2,3)35-23(32)27-9-10-28-16(13-27)14-29(22(28)31)20-8-6-17(12-26-20)34-19-7-5-15(11-18(19)25)21(30)33-4/h5-8,11-12,16H,9-10,13-14H2,1-4H3/t16-/m0/s1. The van der Waals surface area contributed by atoms with E-state index in [-0.39, 0.29) is 29.1 Å². The number of rotatable bonds is 4. The largest absolute Gasteiger partial charge is 0.465 e. The lowest BCUT2D eigenvalue weighted by molar-refractivity contribution is 0.0128. The van der Waals surface area contributed by atoms with Crippen LogP contribution >= 0.6 is 0 Å². The number of ether oxygens (including phenoxy) is 3. The van der Waals surface area contributed by atoms with Crippen LogP contribution in [0.2, 0.25) is 0 Å². The summed E-state index contributed by atoms with van der Waals surface area (Å²) in [4.78, 5) is 46.1. The summed E-state index contributed by atoms with van der Waals surface area (Å²) in [6.45, 7) is 6.98. The zero-order valence-electron chi connectivity index (χ0n) is 20.0. The van der Waals surface area contributed by atoms with E-state index >= 15 is 0 Å². The quantitative estimate of drug-likeness (QED) is 0.608. The maximum atomic E-state index is 14.3. The van der Waals surface area contributed by atoms with E-state index in [1.807, 2.05) is 20.8 Å². The minimum absolute atomic E-state index is 0.0695. The van der Waals surface area contributed by atoms with E-state index in [0.29, 0.717) is 32.0 Å². The number of hydrogen-bond donors (Lipinski definition) is 0. The van der Waals surface area contributed by atoms with Gasteiger partial charge in [0.1, 0.15) is 17.2 Å². The van der Waals surface area contributed by atoms with Crippen molar-refractivity contribution in [3.05, 3.63) is 47.9 Å². The van der Waals surface area contributed by atoms with Crippen LogP contribution in [0.15, 0.2) is 36.5 Å². The summed E-state index contributed by atoms with van der Waals surface area (Å²) in [6, 6.07) is 6.57. The van der Waals surface area contributed by atoms with Crippen LogP contribution in [0.5, 0.6) is 11.5 Å². The number of amides is 3. The van der Waals surface area contributed by atoms with E-state index in [2.05, 4.69) is 9.72 Å². The van der Waals surface area contributed by atoms with Crippen molar-refractivity contribution < 1.29 is 33.0 Å². The number of carbonyl (C=O) groups is 3. The van der Waals surface area contributed by atoms with Gasteiger partial charge in [-0.2, -0.15) is 0 Å². The average molecular weight is 487 g/mol. The Hall–Kier alpha value is -3.89. The predicted octanol–water partition coefficient (Wildman–Crippen LogP) is 3.66. The number of nitrogens with zero attached hydrogens (tertiary/aromatic N) is 4. The molecule has 1 atom stereocenters. The van der Waals surface area contributed by atoms with Crippen molar-refractivity contribution in [3.8, 4) is 11.5 Å². The van der Waals surface area contributed by atoms with Crippen LogP contribution in [-0.4, -0.2) is 77.8 Å². The topological polar surface area (TPSA) is 102 Å². The number of benzene rings is 1. The van der Waals surface area contributed by atoms with Crippen molar-refractivity contribution in [2.75, 3.05) is 38.2 Å². The molecule has 0 aliphatic carbocycles. The molecule has 0 unspecified atom stereocenters. The molecule has 186 valence electrons. The van der Waals surface area contributed by atoms with Crippen LogP contribution in [0.3, 0.4) is 0 Å². The molecule has 0 saturated carbocycles. The number of anilines is 1. The maximum Gasteiger partial charge on any atom is 0.410 e. The summed E-state index contributed by atoms with van der Waals surface area (Å²) in [5.74, 6) is -0.773. The molecule has 0 N–H and O–H groups in total. The molecule has 0 radical (unpaired) electrons. The van der Waals surface area contributed by atoms with Crippen LogP contribution in [0.1, 0.15) is 31.1 Å². The summed E-state index contributed by atoms with van der Waals surface area (Å²) in [6.07, 6.45) is 0.996. The molecule has 0 spiro atoms. The first kappa shape index (κ1) is 24.2. The molecule has 3 heterocycles. The van der Waals surface area contributed by atoms with E-state index in [1.54, 1.807) is 26.8 Å². The highest BCUT2D eigenvalue weighted by Gasteiger charge is 2.43. The Kier molecular flexibility index (Phi) is 6.51. The summed E-state index contributed by atoms with van der Waals surface area (Å²) in [7, 11) is 1.21. The van der Waals surface area contributed by atoms with E-state index in [4.69, 9.17) is 9.47 Å². The molecular weight excluding hydrogens is 459 g/mol. The Labute approximate surface area is 202 Å². The van der Waals surface area contributed by atoms with Crippen molar-refractivity contribution in [2.45, 2.75) is 32.4 Å². The lowest BCUT2D eigenvalue weighted by Crippen LogP contribution is -2.54. The third-order valence-electron chi connectivity index (χ3n) is 5.58. The maximum absolute atomic E-state index is 14.3. The molecule has 0 bridgehead atoms. The smallest absolute Gasteiger partial charge is 0.410 e. The first-order chi connectivity index (χ1) is 16.6. The van der Waals surface area contributed by atoms with Crippen molar-refractivity contribution in [3.63, 3.8) is 0 Å². The Morgan fingerprint density at radius 3 is 2.51 bits per heavy atom. The van der Waals surface area contributed by atoms with E-state index < -0.39 is 23.5 Å². The van der Waals surface area contributed by atoms with Gasteiger partial charge < -0.3 is 24.0 Å². The number of hydrogen-bond acceptors (Lipinski definition) is 7. The van der Waals surface area contributed by atoms with Gasteiger partial charge in [0.15, 0.2) is 11.6 Å². The van der Waals surface area contributed by atoms with Gasteiger partial charge in [0.05, 0.1) is 31.5 Å². The number of urea groups is 1. The minimum atomic E-state index is -0.724. The number of fused-ring (bicyclic) bond motifs is 1. The average Bonchev–Trinajstić information content (AvgIpc) is 3.15. The molecule has 2 saturated heterocycles. The number of pyridine rings is 1. The van der Waals surface area contributed by atoms with E-state index in [0.717, 1.165) is 6.07 Å². The Bertz CT molecular complexity index is 1130. The molecule has 2 aliphatic heterocycles. The lowest BCUT2D eigenvalue weighted by atomic mass is 10.2. The predicted molar refractivity (Wildman–Crippen MR) is 123 cm³/mol. The Balaban J connectivity index is 1.41. The van der Waals surface area contributed by atoms with Gasteiger partial charge in [-0.15, -0.1) is 0 Å². The monoisotopic (exact) mass is 486 g/mol. The molecule has 11 heteroatoms. The summed E-state index contributed by atoms with van der Waals surface area (Å²) in [5, 5.41) is 0. The van der Waals surface area contributed by atoms with Crippen molar-refractivity contribution >= 4 is 23.9 Å². The number of methoxy groups -OCH3 is 1. The highest BCUT2D eigenvalue weighted by atomic mass is 19.1. The van der Waals surface area contributed by atoms with E-state index in [9.17, 15) is 18.8 Å². The number of esters is 1. The van der Waals surface area contributed by atoms with Gasteiger partial charge in [0, 0.05) is 19.6 Å². The van der Waals surface area contributed by atoms with Gasteiger partial charge in [-0.3, -0.25) is 4.90 Å². The van der Waals surface area contributed by atoms with Crippen LogP contribution in [-0.2, 0) is 9.47 Å². The fourth-order valence-electron chi connectivity index (χ4n) is 3.94. The second kappa shape index (κ2) is 9.40. The fraction of sp³-hybridized carbons (Fsp3) is 0.417. The Morgan fingerprint density at radius 1 is 1.11 bits per heavy atom. The van der Waals surface area contributed by atoms with Gasteiger partial charge in [-0.05, 0) is 51.1 Å². The number of carbonyl (C=O) groups excluding carboxylic acids is 3. The SMILES string of the molecule is COC(=O)c1ccc(Oc2ccc(N3C[C@@H]4CN(C(=O)OC(C)(C)C)CCN4C3=O)nc2)c(F)c1. The van der Waals surface area contributed by atoms with Crippen LogP contribution in [0.4, 0.5) is 19.8 Å². The van der Waals surface area contributed by atoms with Crippen molar-refractivity contribution in [2.24, 2.45) is 0 Å². The zero-order chi connectivity index (χ0) is 25.3. The highest BCUT2D eigenvalue weighted by Crippen LogP contribution is 2.29. The molecule has 2 fully saturated rings. The first-order valence-corrected chi connectivity index (χ1v) is 11.1. The third-order valence-corrected chi connectivity index (χ3v) is 5.58. The van der Waals surface area contributed by atoms with Gasteiger partial charge in [-0.25, -0.2) is 23.8 Å². The van der Waals surface area contributed by atoms with Crippen LogP contribution in [0, 0.1) is 5.82 Å². The summed E-state index contributed by atoms with van der Waals surface area (Å²) < 4.78 is 29.9. The summed E-state index contributed by atoms with van der Waals surface area (Å²) >= 11 is 0. The molecule has 1 aromatic carbocycles. The molecular formula is C24H27FN4O6. The summed E-state index contributed by atoms with van der Waals surface area (Å²) in [5.41, 5.74) is -0.522. The number of halogens is 1. The van der Waals surface area contributed by atoms with Gasteiger partial charge in [-0.1, -0.05) is 0 Å². The molecule has 10 nitrogen and oxygen atoms in total. The van der Waals surface area contributed by atoms with Crippen LogP contribution in [0.25, 0.3) is 0 Å². The number of aromatic nitrogens is 1. The van der Waals surface area contributed by atoms with Gasteiger partial charge in [0.25, 0.3) is 0 Å². The zero-order valence-corrected chi connectivity index (χ0v) is 20.0. The van der Waals surface area contributed by atoms with E-state index in [1.165, 1.54) is 25.4 Å². The molecule has 3 amide bonds. The highest BCUT2D eigenvalue weighted by molar-refractivity contribution is 5.94. The Morgan fingerprint density at radius 2 is 1.89 bits per heavy atom.